The Kier molecular flexibility index (Phi) is 6.52. The van der Waals surface area contributed by atoms with E-state index in [4.69, 9.17) is 9.47 Å². The van der Waals surface area contributed by atoms with Crippen molar-refractivity contribution in [2.45, 2.75) is 32.4 Å². The lowest BCUT2D eigenvalue weighted by Gasteiger charge is -2.17. The number of aryl methyl sites for hydroxylation is 1. The average molecular weight is 304 g/mol. The lowest BCUT2D eigenvalue weighted by Crippen LogP contribution is -2.25. The topological polar surface area (TPSA) is 35.5 Å². The lowest BCUT2D eigenvalue weighted by atomic mass is 9.96. The van der Waals surface area contributed by atoms with Crippen LogP contribution in [0.2, 0.25) is 0 Å². The van der Waals surface area contributed by atoms with Crippen LogP contribution in [0.3, 0.4) is 0 Å². The third-order valence-corrected chi connectivity index (χ3v) is 3.01. The van der Waals surface area contributed by atoms with Crippen molar-refractivity contribution < 1.29 is 27.4 Å². The maximum atomic E-state index is 12.5. The summed E-state index contributed by atoms with van der Waals surface area (Å²) in [5.41, 5.74) is 0.825. The molecule has 0 aliphatic rings. The van der Waals surface area contributed by atoms with E-state index in [1.165, 1.54) is 7.11 Å². The number of benzene rings is 1. The van der Waals surface area contributed by atoms with Crippen molar-refractivity contribution in [1.82, 2.24) is 0 Å². The van der Waals surface area contributed by atoms with Crippen LogP contribution in [0.5, 0.6) is 5.75 Å². The van der Waals surface area contributed by atoms with Crippen molar-refractivity contribution in [3.8, 4) is 5.75 Å². The van der Waals surface area contributed by atoms with Gasteiger partial charge in [-0.15, -0.1) is 0 Å². The Morgan fingerprint density at radius 2 is 2.05 bits per heavy atom. The van der Waals surface area contributed by atoms with Crippen LogP contribution in [0.15, 0.2) is 24.3 Å². The SMILES string of the molecule is CCOC(=O)C(CCc1cccc(OC)c1)CC(F)(F)F. The summed E-state index contributed by atoms with van der Waals surface area (Å²) in [6.07, 6.45) is -5.09. The third kappa shape index (κ3) is 6.51. The molecule has 0 aromatic heterocycles. The van der Waals surface area contributed by atoms with E-state index in [-0.39, 0.29) is 13.0 Å². The predicted molar refractivity (Wildman–Crippen MR) is 72.1 cm³/mol. The first-order chi connectivity index (χ1) is 9.85. The number of alkyl halides is 3. The number of hydrogen-bond donors (Lipinski definition) is 0. The fraction of sp³-hybridized carbons (Fsp3) is 0.533. The van der Waals surface area contributed by atoms with E-state index in [0.717, 1.165) is 5.56 Å². The van der Waals surface area contributed by atoms with Crippen molar-refractivity contribution in [1.29, 1.82) is 0 Å². The lowest BCUT2D eigenvalue weighted by molar-refractivity contribution is -0.168. The van der Waals surface area contributed by atoms with E-state index in [0.29, 0.717) is 12.2 Å². The van der Waals surface area contributed by atoms with Crippen LogP contribution in [0.1, 0.15) is 25.3 Å². The van der Waals surface area contributed by atoms with E-state index >= 15 is 0 Å². The standard InChI is InChI=1S/C15H19F3O3/c1-3-21-14(19)12(10-15(16,17)18)8-7-11-5-4-6-13(9-11)20-2/h4-6,9,12H,3,7-8,10H2,1-2H3. The van der Waals surface area contributed by atoms with E-state index in [1.807, 2.05) is 0 Å². The molecule has 0 spiro atoms. The van der Waals surface area contributed by atoms with E-state index < -0.39 is 24.5 Å². The van der Waals surface area contributed by atoms with Gasteiger partial charge in [-0.25, -0.2) is 0 Å². The van der Waals surface area contributed by atoms with E-state index in [9.17, 15) is 18.0 Å². The minimum absolute atomic E-state index is 0.0757. The zero-order valence-electron chi connectivity index (χ0n) is 12.1. The largest absolute Gasteiger partial charge is 0.497 e. The molecule has 0 N–H and O–H groups in total. The molecule has 0 heterocycles. The summed E-state index contributed by atoms with van der Waals surface area (Å²) in [6.45, 7) is 1.65. The molecule has 6 heteroatoms. The summed E-state index contributed by atoms with van der Waals surface area (Å²) in [4.78, 5) is 11.6. The molecule has 21 heavy (non-hydrogen) atoms. The molecule has 0 saturated heterocycles. The minimum atomic E-state index is -4.38. The van der Waals surface area contributed by atoms with Gasteiger partial charge in [0.1, 0.15) is 5.75 Å². The molecule has 0 fully saturated rings. The molecule has 0 aliphatic carbocycles. The Balaban J connectivity index is 2.69. The van der Waals surface area contributed by atoms with Crippen molar-refractivity contribution in [2.75, 3.05) is 13.7 Å². The molecule has 0 saturated carbocycles. The fourth-order valence-corrected chi connectivity index (χ4v) is 2.01. The van der Waals surface area contributed by atoms with Gasteiger partial charge in [0.15, 0.2) is 0 Å². The van der Waals surface area contributed by atoms with Crippen molar-refractivity contribution in [3.05, 3.63) is 29.8 Å². The van der Waals surface area contributed by atoms with Crippen molar-refractivity contribution in [3.63, 3.8) is 0 Å². The molecule has 1 unspecified atom stereocenters. The summed E-state index contributed by atoms with van der Waals surface area (Å²) in [7, 11) is 1.52. The first-order valence-electron chi connectivity index (χ1n) is 6.72. The first kappa shape index (κ1) is 17.3. The average Bonchev–Trinajstić information content (AvgIpc) is 2.42. The number of carbonyl (C=O) groups is 1. The van der Waals surface area contributed by atoms with Gasteiger partial charge < -0.3 is 9.47 Å². The van der Waals surface area contributed by atoms with E-state index in [1.54, 1.807) is 31.2 Å². The summed E-state index contributed by atoms with van der Waals surface area (Å²) in [6, 6.07) is 7.05. The van der Waals surface area contributed by atoms with Crippen LogP contribution in [-0.2, 0) is 16.0 Å². The molecular weight excluding hydrogens is 285 g/mol. The number of carbonyl (C=O) groups excluding carboxylic acids is 1. The van der Waals surface area contributed by atoms with Crippen molar-refractivity contribution in [2.24, 2.45) is 5.92 Å². The Morgan fingerprint density at radius 3 is 2.62 bits per heavy atom. The van der Waals surface area contributed by atoms with E-state index in [2.05, 4.69) is 0 Å². The van der Waals surface area contributed by atoms with Gasteiger partial charge >= 0.3 is 12.1 Å². The maximum Gasteiger partial charge on any atom is 0.389 e. The van der Waals surface area contributed by atoms with Gasteiger partial charge in [0, 0.05) is 0 Å². The molecular formula is C15H19F3O3. The van der Waals surface area contributed by atoms with Gasteiger partial charge in [-0.1, -0.05) is 12.1 Å². The number of methoxy groups -OCH3 is 1. The van der Waals surface area contributed by atoms with Gasteiger partial charge in [-0.05, 0) is 37.5 Å². The molecule has 1 aromatic rings. The highest BCUT2D eigenvalue weighted by Crippen LogP contribution is 2.28. The van der Waals surface area contributed by atoms with Crippen LogP contribution >= 0.6 is 0 Å². The van der Waals surface area contributed by atoms with Gasteiger partial charge in [0.2, 0.25) is 0 Å². The van der Waals surface area contributed by atoms with Gasteiger partial charge in [0.05, 0.1) is 26.1 Å². The molecule has 0 radical (unpaired) electrons. The smallest absolute Gasteiger partial charge is 0.389 e. The summed E-state index contributed by atoms with van der Waals surface area (Å²) >= 11 is 0. The van der Waals surface area contributed by atoms with Crippen molar-refractivity contribution >= 4 is 5.97 Å². The molecule has 0 aliphatic heterocycles. The fourth-order valence-electron chi connectivity index (χ4n) is 2.01. The quantitative estimate of drug-likeness (QED) is 0.720. The highest BCUT2D eigenvalue weighted by atomic mass is 19.4. The summed E-state index contributed by atoms with van der Waals surface area (Å²) in [5, 5.41) is 0. The number of hydrogen-bond acceptors (Lipinski definition) is 3. The van der Waals surface area contributed by atoms with Crippen LogP contribution in [0.25, 0.3) is 0 Å². The minimum Gasteiger partial charge on any atom is -0.497 e. The predicted octanol–water partition coefficient (Wildman–Crippen LogP) is 3.76. The second-order valence-corrected chi connectivity index (χ2v) is 4.66. The number of esters is 1. The zero-order chi connectivity index (χ0) is 15.9. The molecule has 3 nitrogen and oxygen atoms in total. The molecule has 1 atom stereocenters. The Morgan fingerprint density at radius 1 is 1.33 bits per heavy atom. The monoisotopic (exact) mass is 304 g/mol. The first-order valence-corrected chi connectivity index (χ1v) is 6.72. The highest BCUT2D eigenvalue weighted by molar-refractivity contribution is 5.72. The van der Waals surface area contributed by atoms with Gasteiger partial charge in [-0.3, -0.25) is 4.79 Å². The molecule has 0 bridgehead atoms. The molecule has 1 rings (SSSR count). The van der Waals surface area contributed by atoms with Crippen LogP contribution in [0, 0.1) is 5.92 Å². The number of halogens is 3. The third-order valence-electron chi connectivity index (χ3n) is 3.01. The maximum absolute atomic E-state index is 12.5. The Labute approximate surface area is 122 Å². The highest BCUT2D eigenvalue weighted by Gasteiger charge is 2.35. The zero-order valence-corrected chi connectivity index (χ0v) is 12.1. The molecule has 118 valence electrons. The van der Waals surface area contributed by atoms with Crippen LogP contribution in [0.4, 0.5) is 13.2 Å². The Bertz CT molecular complexity index is 458. The second kappa shape index (κ2) is 7.90. The van der Waals surface area contributed by atoms with Gasteiger partial charge in [-0.2, -0.15) is 13.2 Å². The summed E-state index contributed by atoms with van der Waals surface area (Å²) < 4.78 is 47.3. The normalized spacial score (nSPS) is 12.8. The molecule has 1 aromatic carbocycles. The number of ether oxygens (including phenoxy) is 2. The number of rotatable bonds is 7. The summed E-state index contributed by atoms with van der Waals surface area (Å²) in [5.74, 6) is -1.33. The second-order valence-electron chi connectivity index (χ2n) is 4.66. The van der Waals surface area contributed by atoms with Crippen LogP contribution < -0.4 is 4.74 Å². The Hall–Kier alpha value is -1.72. The molecule has 0 amide bonds. The van der Waals surface area contributed by atoms with Gasteiger partial charge in [0.25, 0.3) is 0 Å². The van der Waals surface area contributed by atoms with Crippen LogP contribution in [-0.4, -0.2) is 25.9 Å².